The van der Waals surface area contributed by atoms with Crippen LogP contribution in [0, 0.1) is 0 Å². The number of fused-ring (bicyclic) bond motifs is 2. The predicted molar refractivity (Wildman–Crippen MR) is 128 cm³/mol. The van der Waals surface area contributed by atoms with Crippen LogP contribution >= 0.6 is 23.4 Å². The number of para-hydroxylation sites is 1. The molecule has 3 aromatic carbocycles. The molecule has 162 valence electrons. The monoisotopic (exact) mass is 464 g/mol. The molecule has 32 heavy (non-hydrogen) atoms. The minimum Gasteiger partial charge on any atom is -0.497 e. The molecule has 1 saturated heterocycles. The topological polar surface area (TPSA) is 49.9 Å². The Morgan fingerprint density at radius 1 is 1.00 bits per heavy atom. The molecule has 2 aliphatic heterocycles. The maximum Gasteiger partial charge on any atom is 0.269 e. The zero-order valence-electron chi connectivity index (χ0n) is 17.6. The van der Waals surface area contributed by atoms with E-state index < -0.39 is 4.87 Å². The smallest absolute Gasteiger partial charge is 0.269 e. The number of hydrogen-bond donors (Lipinski definition) is 0. The Morgan fingerprint density at radius 2 is 1.69 bits per heavy atom. The lowest BCUT2D eigenvalue weighted by atomic mass is 10.0. The van der Waals surface area contributed by atoms with Gasteiger partial charge in [0.25, 0.3) is 5.91 Å². The largest absolute Gasteiger partial charge is 0.497 e. The van der Waals surface area contributed by atoms with Crippen molar-refractivity contribution < 1.29 is 14.3 Å². The molecule has 2 atom stereocenters. The van der Waals surface area contributed by atoms with Crippen molar-refractivity contribution >= 4 is 46.6 Å². The summed E-state index contributed by atoms with van der Waals surface area (Å²) in [4.78, 5) is 29.8. The van der Waals surface area contributed by atoms with Gasteiger partial charge in [-0.3, -0.25) is 14.5 Å². The Hall–Kier alpha value is -2.96. The molecule has 5 rings (SSSR count). The second kappa shape index (κ2) is 7.87. The third kappa shape index (κ3) is 3.09. The molecule has 2 heterocycles. The van der Waals surface area contributed by atoms with Crippen LogP contribution in [0.25, 0.3) is 0 Å². The maximum atomic E-state index is 14.1. The van der Waals surface area contributed by atoms with Crippen LogP contribution in [0.15, 0.2) is 72.8 Å². The fourth-order valence-corrected chi connectivity index (χ4v) is 6.05. The van der Waals surface area contributed by atoms with Crippen molar-refractivity contribution in [2.75, 3.05) is 16.9 Å². The average Bonchev–Trinajstić information content (AvgIpc) is 3.21. The molecule has 5 nitrogen and oxygen atoms in total. The predicted octanol–water partition coefficient (Wildman–Crippen LogP) is 5.22. The quantitative estimate of drug-likeness (QED) is 0.531. The van der Waals surface area contributed by atoms with E-state index in [0.29, 0.717) is 23.0 Å². The van der Waals surface area contributed by atoms with Crippen molar-refractivity contribution in [1.82, 2.24) is 0 Å². The van der Waals surface area contributed by atoms with E-state index in [4.69, 9.17) is 16.3 Å². The number of amides is 2. The Kier molecular flexibility index (Phi) is 5.14. The number of thioether (sulfide) groups is 1. The first kappa shape index (κ1) is 20.9. The number of rotatable bonds is 4. The lowest BCUT2D eigenvalue weighted by Gasteiger charge is -2.33. The van der Waals surface area contributed by atoms with E-state index in [9.17, 15) is 9.59 Å². The minimum absolute atomic E-state index is 0.0864. The number of hydrogen-bond acceptors (Lipinski definition) is 4. The summed E-state index contributed by atoms with van der Waals surface area (Å²) < 4.78 is 5.27. The summed E-state index contributed by atoms with van der Waals surface area (Å²) in [6.07, 6.45) is 0. The Balaban J connectivity index is 1.63. The van der Waals surface area contributed by atoms with E-state index >= 15 is 0 Å². The number of halogens is 1. The van der Waals surface area contributed by atoms with Crippen LogP contribution in [0.3, 0.4) is 0 Å². The van der Waals surface area contributed by atoms with E-state index in [2.05, 4.69) is 0 Å². The van der Waals surface area contributed by atoms with Gasteiger partial charge in [0.05, 0.1) is 24.6 Å². The van der Waals surface area contributed by atoms with Gasteiger partial charge in [-0.25, -0.2) is 0 Å². The molecule has 0 aromatic heterocycles. The van der Waals surface area contributed by atoms with Gasteiger partial charge in [-0.1, -0.05) is 41.9 Å². The first-order valence-electron chi connectivity index (χ1n) is 10.3. The summed E-state index contributed by atoms with van der Waals surface area (Å²) in [5, 5.41) is 0.291. The molecule has 7 heteroatoms. The van der Waals surface area contributed by atoms with E-state index in [1.807, 2.05) is 67.6 Å². The highest BCUT2D eigenvalue weighted by Crippen LogP contribution is 2.58. The first-order chi connectivity index (χ1) is 15.5. The standard InChI is InChI=1S/C25H21ClN2O3S/c1-16-23(29)28(19-11-13-20(31-2)14-12-19)25(32-16)21-5-3-4-6-22(21)27(24(25)30)15-17-7-9-18(26)10-8-17/h3-14,16H,15H2,1-2H3/t16-,25-/m0/s1. The van der Waals surface area contributed by atoms with E-state index in [-0.39, 0.29) is 17.1 Å². The van der Waals surface area contributed by atoms with E-state index in [1.54, 1.807) is 29.0 Å². The highest BCUT2D eigenvalue weighted by atomic mass is 35.5. The summed E-state index contributed by atoms with van der Waals surface area (Å²) in [5.74, 6) is 0.487. The molecular weight excluding hydrogens is 444 g/mol. The number of anilines is 2. The molecule has 1 fully saturated rings. The van der Waals surface area contributed by atoms with Crippen molar-refractivity contribution in [1.29, 1.82) is 0 Å². The third-order valence-electron chi connectivity index (χ3n) is 5.91. The van der Waals surface area contributed by atoms with E-state index in [1.165, 1.54) is 11.8 Å². The second-order valence-electron chi connectivity index (χ2n) is 7.81. The molecule has 2 aliphatic rings. The van der Waals surface area contributed by atoms with Crippen molar-refractivity contribution in [3.8, 4) is 5.75 Å². The van der Waals surface area contributed by atoms with Crippen molar-refractivity contribution in [2.45, 2.75) is 23.6 Å². The number of carbonyl (C=O) groups is 2. The van der Waals surface area contributed by atoms with Crippen molar-refractivity contribution in [3.05, 3.63) is 88.9 Å². The fourth-order valence-electron chi connectivity index (χ4n) is 4.40. The normalized spacial score (nSPS) is 22.0. The second-order valence-corrected chi connectivity index (χ2v) is 9.78. The maximum absolute atomic E-state index is 14.1. The van der Waals surface area contributed by atoms with Gasteiger partial charge >= 0.3 is 0 Å². The van der Waals surface area contributed by atoms with Crippen LogP contribution in [-0.4, -0.2) is 24.2 Å². The molecular formula is C25H21ClN2O3S. The van der Waals surface area contributed by atoms with Gasteiger partial charge in [0.1, 0.15) is 5.75 Å². The van der Waals surface area contributed by atoms with Gasteiger partial charge in [0, 0.05) is 16.3 Å². The molecule has 2 amide bonds. The Labute approximate surface area is 195 Å². The van der Waals surface area contributed by atoms with Gasteiger partial charge < -0.3 is 9.64 Å². The molecule has 0 N–H and O–H groups in total. The van der Waals surface area contributed by atoms with Crippen LogP contribution < -0.4 is 14.5 Å². The number of carbonyl (C=O) groups excluding carboxylic acids is 2. The SMILES string of the molecule is COc1ccc(N2C(=O)[C@H](C)S[C@@]23C(=O)N(Cc2ccc(Cl)cc2)c2ccccc23)cc1. The zero-order valence-corrected chi connectivity index (χ0v) is 19.2. The van der Waals surface area contributed by atoms with Gasteiger partial charge in [-0.05, 0) is 55.0 Å². The van der Waals surface area contributed by atoms with E-state index in [0.717, 1.165) is 16.8 Å². The number of methoxy groups -OCH3 is 1. The summed E-state index contributed by atoms with van der Waals surface area (Å²) in [6.45, 7) is 2.25. The molecule has 0 unspecified atom stereocenters. The van der Waals surface area contributed by atoms with Gasteiger partial charge in [0.2, 0.25) is 10.8 Å². The third-order valence-corrected chi connectivity index (χ3v) is 7.64. The molecule has 0 bridgehead atoms. The average molecular weight is 465 g/mol. The molecule has 0 saturated carbocycles. The van der Waals surface area contributed by atoms with Crippen LogP contribution in [0.1, 0.15) is 18.1 Å². The summed E-state index contributed by atoms with van der Waals surface area (Å²) >= 11 is 7.44. The Morgan fingerprint density at radius 3 is 2.38 bits per heavy atom. The summed E-state index contributed by atoms with van der Waals surface area (Å²) in [5.41, 5.74) is 3.29. The van der Waals surface area contributed by atoms with Crippen LogP contribution in [0.2, 0.25) is 5.02 Å². The lowest BCUT2D eigenvalue weighted by molar-refractivity contribution is -0.124. The molecule has 0 aliphatic carbocycles. The number of ether oxygens (including phenoxy) is 1. The first-order valence-corrected chi connectivity index (χ1v) is 11.5. The molecule has 1 spiro atoms. The van der Waals surface area contributed by atoms with Crippen LogP contribution in [0.5, 0.6) is 5.75 Å². The van der Waals surface area contributed by atoms with Crippen molar-refractivity contribution in [3.63, 3.8) is 0 Å². The summed E-state index contributed by atoms with van der Waals surface area (Å²) in [7, 11) is 1.60. The molecule has 0 radical (unpaired) electrons. The highest BCUT2D eigenvalue weighted by Gasteiger charge is 2.63. The number of nitrogens with zero attached hydrogens (tertiary/aromatic N) is 2. The summed E-state index contributed by atoms with van der Waals surface area (Å²) in [6, 6.07) is 22.5. The van der Waals surface area contributed by atoms with Crippen LogP contribution in [0.4, 0.5) is 11.4 Å². The fraction of sp³-hybridized carbons (Fsp3) is 0.200. The number of benzene rings is 3. The zero-order chi connectivity index (χ0) is 22.5. The van der Waals surface area contributed by atoms with Crippen molar-refractivity contribution in [2.24, 2.45) is 0 Å². The lowest BCUT2D eigenvalue weighted by Crippen LogP contribution is -2.49. The minimum atomic E-state index is -1.14. The molecule has 3 aromatic rings. The van der Waals surface area contributed by atoms with Gasteiger partial charge in [-0.15, -0.1) is 11.8 Å². The van der Waals surface area contributed by atoms with Gasteiger partial charge in [0.15, 0.2) is 0 Å². The van der Waals surface area contributed by atoms with Gasteiger partial charge in [-0.2, -0.15) is 0 Å². The Bertz CT molecular complexity index is 1200. The highest BCUT2D eigenvalue weighted by molar-refractivity contribution is 8.03. The van der Waals surface area contributed by atoms with Crippen LogP contribution in [-0.2, 0) is 21.0 Å².